The minimum Gasteiger partial charge on any atom is -0.295 e. The van der Waals surface area contributed by atoms with Gasteiger partial charge in [-0.2, -0.15) is 0 Å². The minimum atomic E-state index is -0.0788. The highest BCUT2D eigenvalue weighted by atomic mass is 35.5. The van der Waals surface area contributed by atoms with Crippen molar-refractivity contribution in [3.05, 3.63) is 63.8 Å². The molecule has 0 amide bonds. The Balaban J connectivity index is 2.34. The van der Waals surface area contributed by atoms with Gasteiger partial charge in [0.15, 0.2) is 0 Å². The zero-order valence-corrected chi connectivity index (χ0v) is 8.69. The number of nitrogens with zero attached hydrogens (tertiary/aromatic N) is 2. The molecule has 0 radical (unpaired) electrons. The lowest BCUT2D eigenvalue weighted by Crippen LogP contribution is -2.19. The molecule has 2 rings (SSSR count). The molecular weight excluding hydrogens is 212 g/mol. The van der Waals surface area contributed by atoms with Crippen LogP contribution in [0.15, 0.2) is 47.7 Å². The molecule has 1 aromatic carbocycles. The van der Waals surface area contributed by atoms with Crippen molar-refractivity contribution >= 4 is 11.6 Å². The third-order valence-electron chi connectivity index (χ3n) is 2.09. The molecule has 0 saturated carbocycles. The van der Waals surface area contributed by atoms with Crippen molar-refractivity contribution in [1.29, 1.82) is 0 Å². The molecule has 0 atom stereocenters. The van der Waals surface area contributed by atoms with Crippen LogP contribution in [0.2, 0.25) is 5.02 Å². The summed E-state index contributed by atoms with van der Waals surface area (Å²) >= 11 is 5.99. The molecule has 76 valence electrons. The van der Waals surface area contributed by atoms with E-state index in [2.05, 4.69) is 4.98 Å². The topological polar surface area (TPSA) is 34.9 Å². The summed E-state index contributed by atoms with van der Waals surface area (Å²) < 4.78 is 1.52. The van der Waals surface area contributed by atoms with Gasteiger partial charge in [-0.3, -0.25) is 9.36 Å². The molecule has 0 bridgehead atoms. The lowest BCUT2D eigenvalue weighted by molar-refractivity contribution is 0.736. The molecule has 0 saturated heterocycles. The molecule has 0 aliphatic carbocycles. The van der Waals surface area contributed by atoms with Crippen LogP contribution in [0.4, 0.5) is 0 Å². The van der Waals surface area contributed by atoms with Gasteiger partial charge in [0, 0.05) is 17.3 Å². The average molecular weight is 221 g/mol. The summed E-state index contributed by atoms with van der Waals surface area (Å²) in [5, 5.41) is 0.660. The molecule has 1 aromatic heterocycles. The monoisotopic (exact) mass is 220 g/mol. The first kappa shape index (κ1) is 9.93. The van der Waals surface area contributed by atoms with Gasteiger partial charge in [-0.1, -0.05) is 29.8 Å². The second kappa shape index (κ2) is 4.28. The summed E-state index contributed by atoms with van der Waals surface area (Å²) in [4.78, 5) is 15.3. The predicted octanol–water partition coefficient (Wildman–Crippen LogP) is 1.95. The van der Waals surface area contributed by atoms with Gasteiger partial charge in [-0.25, -0.2) is 4.98 Å². The van der Waals surface area contributed by atoms with Crippen molar-refractivity contribution in [2.24, 2.45) is 0 Å². The maximum absolute atomic E-state index is 11.4. The van der Waals surface area contributed by atoms with E-state index in [-0.39, 0.29) is 5.56 Å². The number of halogens is 1. The fraction of sp³-hybridized carbons (Fsp3) is 0.0909. The van der Waals surface area contributed by atoms with Crippen molar-refractivity contribution in [2.45, 2.75) is 6.54 Å². The maximum Gasteiger partial charge on any atom is 0.253 e. The van der Waals surface area contributed by atoms with Gasteiger partial charge in [0.25, 0.3) is 5.56 Å². The van der Waals surface area contributed by atoms with E-state index in [9.17, 15) is 4.79 Å². The fourth-order valence-electron chi connectivity index (χ4n) is 1.31. The molecule has 3 nitrogen and oxygen atoms in total. The van der Waals surface area contributed by atoms with E-state index in [1.165, 1.54) is 23.2 Å². The van der Waals surface area contributed by atoms with Crippen LogP contribution in [0.1, 0.15) is 5.56 Å². The summed E-state index contributed by atoms with van der Waals surface area (Å²) in [5.41, 5.74) is 0.833. The normalized spacial score (nSPS) is 10.2. The van der Waals surface area contributed by atoms with Crippen LogP contribution in [-0.4, -0.2) is 9.55 Å². The lowest BCUT2D eigenvalue weighted by Gasteiger charge is -2.05. The van der Waals surface area contributed by atoms with E-state index in [1.807, 2.05) is 18.2 Å². The molecule has 0 spiro atoms. The van der Waals surface area contributed by atoms with Crippen LogP contribution >= 0.6 is 11.6 Å². The van der Waals surface area contributed by atoms with Crippen molar-refractivity contribution in [3.63, 3.8) is 0 Å². The van der Waals surface area contributed by atoms with Crippen LogP contribution in [0, 0.1) is 0 Å². The van der Waals surface area contributed by atoms with Gasteiger partial charge >= 0.3 is 0 Å². The standard InChI is InChI=1S/C11H9ClN2O/c12-10-4-2-1-3-9(10)7-14-8-13-6-5-11(14)15/h1-6,8H,7H2. The Morgan fingerprint density at radius 2 is 2.07 bits per heavy atom. The largest absolute Gasteiger partial charge is 0.295 e. The summed E-state index contributed by atoms with van der Waals surface area (Å²) in [6.07, 6.45) is 2.98. The van der Waals surface area contributed by atoms with Crippen molar-refractivity contribution < 1.29 is 0 Å². The van der Waals surface area contributed by atoms with E-state index in [0.717, 1.165) is 5.56 Å². The minimum absolute atomic E-state index is 0.0788. The van der Waals surface area contributed by atoms with Crippen LogP contribution in [0.25, 0.3) is 0 Å². The van der Waals surface area contributed by atoms with Crippen LogP contribution in [0.5, 0.6) is 0 Å². The molecule has 1 heterocycles. The third kappa shape index (κ3) is 2.25. The number of benzene rings is 1. The lowest BCUT2D eigenvalue weighted by atomic mass is 10.2. The maximum atomic E-state index is 11.4. The summed E-state index contributed by atoms with van der Waals surface area (Å²) in [5.74, 6) is 0. The number of rotatable bonds is 2. The number of hydrogen-bond donors (Lipinski definition) is 0. The van der Waals surface area contributed by atoms with Gasteiger partial charge in [0.05, 0.1) is 12.9 Å². The van der Waals surface area contributed by atoms with E-state index >= 15 is 0 Å². The number of hydrogen-bond acceptors (Lipinski definition) is 2. The molecule has 0 N–H and O–H groups in total. The van der Waals surface area contributed by atoms with Crippen molar-refractivity contribution in [1.82, 2.24) is 9.55 Å². The van der Waals surface area contributed by atoms with Gasteiger partial charge < -0.3 is 0 Å². The highest BCUT2D eigenvalue weighted by Crippen LogP contribution is 2.15. The molecular formula is C11H9ClN2O. The van der Waals surface area contributed by atoms with E-state index in [0.29, 0.717) is 11.6 Å². The van der Waals surface area contributed by atoms with Crippen LogP contribution in [0.3, 0.4) is 0 Å². The SMILES string of the molecule is O=c1ccncn1Cc1ccccc1Cl. The second-order valence-corrected chi connectivity index (χ2v) is 3.55. The Labute approximate surface area is 92.0 Å². The molecule has 0 unspecified atom stereocenters. The Bertz CT molecular complexity index is 522. The van der Waals surface area contributed by atoms with Crippen molar-refractivity contribution in [3.8, 4) is 0 Å². The van der Waals surface area contributed by atoms with Crippen molar-refractivity contribution in [2.75, 3.05) is 0 Å². The Morgan fingerprint density at radius 1 is 1.27 bits per heavy atom. The summed E-state index contributed by atoms with van der Waals surface area (Å²) in [6, 6.07) is 8.87. The van der Waals surface area contributed by atoms with E-state index < -0.39 is 0 Å². The average Bonchev–Trinajstić information content (AvgIpc) is 2.24. The molecule has 0 aliphatic rings. The van der Waals surface area contributed by atoms with Gasteiger partial charge in [0.2, 0.25) is 0 Å². The highest BCUT2D eigenvalue weighted by Gasteiger charge is 2.00. The quantitative estimate of drug-likeness (QED) is 0.776. The van der Waals surface area contributed by atoms with Crippen LogP contribution in [-0.2, 0) is 6.54 Å². The molecule has 15 heavy (non-hydrogen) atoms. The summed E-state index contributed by atoms with van der Waals surface area (Å²) in [7, 11) is 0. The van der Waals surface area contributed by atoms with Gasteiger partial charge in [-0.05, 0) is 11.6 Å². The third-order valence-corrected chi connectivity index (χ3v) is 2.46. The molecule has 0 fully saturated rings. The Morgan fingerprint density at radius 3 is 2.80 bits per heavy atom. The summed E-state index contributed by atoms with van der Waals surface area (Å²) in [6.45, 7) is 0.451. The zero-order valence-electron chi connectivity index (χ0n) is 7.93. The molecule has 0 aliphatic heterocycles. The predicted molar refractivity (Wildman–Crippen MR) is 59.1 cm³/mol. The Hall–Kier alpha value is -1.61. The first-order valence-electron chi connectivity index (χ1n) is 4.51. The van der Waals surface area contributed by atoms with Crippen LogP contribution < -0.4 is 5.56 Å². The smallest absolute Gasteiger partial charge is 0.253 e. The molecule has 2 aromatic rings. The van der Waals surface area contributed by atoms with Gasteiger partial charge in [0.1, 0.15) is 0 Å². The fourth-order valence-corrected chi connectivity index (χ4v) is 1.50. The second-order valence-electron chi connectivity index (χ2n) is 3.14. The zero-order chi connectivity index (χ0) is 10.7. The number of aromatic nitrogens is 2. The molecule has 4 heteroatoms. The van der Waals surface area contributed by atoms with E-state index in [4.69, 9.17) is 11.6 Å². The first-order valence-corrected chi connectivity index (χ1v) is 4.89. The Kier molecular flexibility index (Phi) is 2.83. The first-order chi connectivity index (χ1) is 7.27. The van der Waals surface area contributed by atoms with E-state index in [1.54, 1.807) is 6.07 Å². The van der Waals surface area contributed by atoms with Gasteiger partial charge in [-0.15, -0.1) is 0 Å². The highest BCUT2D eigenvalue weighted by molar-refractivity contribution is 6.31.